The molecule has 2 heterocycles. The van der Waals surface area contributed by atoms with Gasteiger partial charge in [-0.25, -0.2) is 4.39 Å². The van der Waals surface area contributed by atoms with E-state index in [1.165, 1.54) is 6.07 Å². The van der Waals surface area contributed by atoms with E-state index in [9.17, 15) is 4.39 Å². The SMILES string of the molecule is CC1(C)CCC(Cn2ccc3ccc(F)cc32)O1. The average molecular weight is 247 g/mol. The van der Waals surface area contributed by atoms with E-state index < -0.39 is 0 Å². The normalized spacial score (nSPS) is 22.7. The Bertz CT molecular complexity index is 573. The lowest BCUT2D eigenvalue weighted by Crippen LogP contribution is -2.22. The molecule has 1 aliphatic rings. The number of rotatable bonds is 2. The van der Waals surface area contributed by atoms with Crippen LogP contribution in [0.25, 0.3) is 10.9 Å². The summed E-state index contributed by atoms with van der Waals surface area (Å²) in [5, 5.41) is 1.08. The van der Waals surface area contributed by atoms with Crippen molar-refractivity contribution in [1.29, 1.82) is 0 Å². The Morgan fingerprint density at radius 3 is 2.94 bits per heavy atom. The Labute approximate surface area is 106 Å². The molecule has 0 radical (unpaired) electrons. The van der Waals surface area contributed by atoms with Crippen LogP contribution in [0.1, 0.15) is 26.7 Å². The van der Waals surface area contributed by atoms with Crippen molar-refractivity contribution in [3.05, 3.63) is 36.3 Å². The van der Waals surface area contributed by atoms with Crippen molar-refractivity contribution in [1.82, 2.24) is 4.57 Å². The van der Waals surface area contributed by atoms with Gasteiger partial charge in [-0.1, -0.05) is 0 Å². The lowest BCUT2D eigenvalue weighted by Gasteiger charge is -2.19. The Hall–Kier alpha value is -1.35. The highest BCUT2D eigenvalue weighted by atomic mass is 19.1. The summed E-state index contributed by atoms with van der Waals surface area (Å²) >= 11 is 0. The molecule has 96 valence electrons. The highest BCUT2D eigenvalue weighted by Crippen LogP contribution is 2.31. The van der Waals surface area contributed by atoms with Crippen LogP contribution in [0.15, 0.2) is 30.5 Å². The number of nitrogens with zero attached hydrogens (tertiary/aromatic N) is 1. The molecule has 0 saturated carbocycles. The first-order valence-corrected chi connectivity index (χ1v) is 6.46. The van der Waals surface area contributed by atoms with Gasteiger partial charge in [0.2, 0.25) is 0 Å². The van der Waals surface area contributed by atoms with Gasteiger partial charge in [-0.05, 0) is 56.3 Å². The average Bonchev–Trinajstić information content (AvgIpc) is 2.84. The Morgan fingerprint density at radius 1 is 1.39 bits per heavy atom. The second-order valence-corrected chi connectivity index (χ2v) is 5.71. The molecule has 0 bridgehead atoms. The predicted octanol–water partition coefficient (Wildman–Crippen LogP) is 3.74. The maximum absolute atomic E-state index is 13.3. The molecule has 18 heavy (non-hydrogen) atoms. The first kappa shape index (κ1) is 11.7. The van der Waals surface area contributed by atoms with Gasteiger partial charge in [0.1, 0.15) is 5.82 Å². The number of ether oxygens (including phenoxy) is 1. The monoisotopic (exact) mass is 247 g/mol. The van der Waals surface area contributed by atoms with Crippen molar-refractivity contribution in [3.63, 3.8) is 0 Å². The summed E-state index contributed by atoms with van der Waals surface area (Å²) in [5.74, 6) is -0.185. The fraction of sp³-hybridized carbons (Fsp3) is 0.467. The van der Waals surface area contributed by atoms with E-state index in [1.54, 1.807) is 6.07 Å². The highest BCUT2D eigenvalue weighted by molar-refractivity contribution is 5.80. The largest absolute Gasteiger partial charge is 0.370 e. The molecule has 1 fully saturated rings. The van der Waals surface area contributed by atoms with Crippen molar-refractivity contribution in [2.75, 3.05) is 0 Å². The molecule has 0 amide bonds. The third kappa shape index (κ3) is 2.15. The summed E-state index contributed by atoms with van der Waals surface area (Å²) in [7, 11) is 0. The molecule has 0 N–H and O–H groups in total. The minimum absolute atomic E-state index is 0.0150. The van der Waals surface area contributed by atoms with E-state index in [0.29, 0.717) is 0 Å². The Kier molecular flexibility index (Phi) is 2.67. The van der Waals surface area contributed by atoms with Crippen LogP contribution < -0.4 is 0 Å². The summed E-state index contributed by atoms with van der Waals surface area (Å²) in [6.45, 7) is 5.05. The van der Waals surface area contributed by atoms with Gasteiger partial charge in [0.15, 0.2) is 0 Å². The maximum atomic E-state index is 13.3. The molecular formula is C15H18FNO. The molecule has 2 nitrogen and oxygen atoms in total. The molecule has 3 rings (SSSR count). The molecule has 1 saturated heterocycles. The van der Waals surface area contributed by atoms with Gasteiger partial charge < -0.3 is 9.30 Å². The van der Waals surface area contributed by atoms with Crippen LogP contribution in [-0.2, 0) is 11.3 Å². The molecule has 1 unspecified atom stereocenters. The van der Waals surface area contributed by atoms with E-state index >= 15 is 0 Å². The second-order valence-electron chi connectivity index (χ2n) is 5.71. The number of benzene rings is 1. The summed E-state index contributed by atoms with van der Waals surface area (Å²) in [6.07, 6.45) is 4.41. The number of hydrogen-bond acceptors (Lipinski definition) is 1. The van der Waals surface area contributed by atoms with Crippen LogP contribution in [0, 0.1) is 5.82 Å². The third-order valence-corrected chi connectivity index (χ3v) is 3.69. The molecule has 1 aromatic carbocycles. The fourth-order valence-electron chi connectivity index (χ4n) is 2.74. The van der Waals surface area contributed by atoms with Crippen molar-refractivity contribution >= 4 is 10.9 Å². The van der Waals surface area contributed by atoms with E-state index in [2.05, 4.69) is 18.4 Å². The first-order chi connectivity index (χ1) is 8.53. The third-order valence-electron chi connectivity index (χ3n) is 3.69. The van der Waals surface area contributed by atoms with Gasteiger partial charge in [-0.15, -0.1) is 0 Å². The van der Waals surface area contributed by atoms with Gasteiger partial charge in [0, 0.05) is 12.7 Å². The number of halogens is 1. The number of aromatic nitrogens is 1. The van der Waals surface area contributed by atoms with Crippen LogP contribution in [0.4, 0.5) is 4.39 Å². The zero-order valence-corrected chi connectivity index (χ0v) is 10.8. The van der Waals surface area contributed by atoms with Crippen molar-refractivity contribution in [2.24, 2.45) is 0 Å². The van der Waals surface area contributed by atoms with Gasteiger partial charge in [0.05, 0.1) is 17.2 Å². The van der Waals surface area contributed by atoms with Crippen LogP contribution in [0.3, 0.4) is 0 Å². The smallest absolute Gasteiger partial charge is 0.125 e. The summed E-state index contributed by atoms with van der Waals surface area (Å²) in [6, 6.07) is 6.94. The van der Waals surface area contributed by atoms with Gasteiger partial charge >= 0.3 is 0 Å². The molecule has 2 aromatic rings. The summed E-state index contributed by atoms with van der Waals surface area (Å²) < 4.78 is 21.4. The van der Waals surface area contributed by atoms with Crippen LogP contribution >= 0.6 is 0 Å². The van der Waals surface area contributed by atoms with Gasteiger partial charge in [-0.2, -0.15) is 0 Å². The molecule has 0 aliphatic carbocycles. The van der Waals surface area contributed by atoms with Crippen LogP contribution in [0.2, 0.25) is 0 Å². The predicted molar refractivity (Wildman–Crippen MR) is 70.1 cm³/mol. The van der Waals surface area contributed by atoms with E-state index in [0.717, 1.165) is 30.3 Å². The number of fused-ring (bicyclic) bond motifs is 1. The zero-order valence-electron chi connectivity index (χ0n) is 10.8. The topological polar surface area (TPSA) is 14.2 Å². The lowest BCUT2D eigenvalue weighted by molar-refractivity contribution is -0.0212. The van der Waals surface area contributed by atoms with E-state index in [-0.39, 0.29) is 17.5 Å². The van der Waals surface area contributed by atoms with Crippen molar-refractivity contribution in [3.8, 4) is 0 Å². The maximum Gasteiger partial charge on any atom is 0.125 e. The van der Waals surface area contributed by atoms with E-state index in [4.69, 9.17) is 4.74 Å². The van der Waals surface area contributed by atoms with Gasteiger partial charge in [-0.3, -0.25) is 0 Å². The molecule has 1 atom stereocenters. The standard InChI is InChI=1S/C15H18FNO/c1-15(2)7-5-13(18-15)10-17-8-6-11-3-4-12(16)9-14(11)17/h3-4,6,8-9,13H,5,7,10H2,1-2H3. The second kappa shape index (κ2) is 4.09. The Morgan fingerprint density at radius 2 is 2.22 bits per heavy atom. The first-order valence-electron chi connectivity index (χ1n) is 6.46. The summed E-state index contributed by atoms with van der Waals surface area (Å²) in [5.41, 5.74) is 0.932. The summed E-state index contributed by atoms with van der Waals surface area (Å²) in [4.78, 5) is 0. The quantitative estimate of drug-likeness (QED) is 0.788. The van der Waals surface area contributed by atoms with Gasteiger partial charge in [0.25, 0.3) is 0 Å². The molecule has 1 aliphatic heterocycles. The molecule has 0 spiro atoms. The molecule has 1 aromatic heterocycles. The van der Waals surface area contributed by atoms with Crippen molar-refractivity contribution in [2.45, 2.75) is 44.9 Å². The molecular weight excluding hydrogens is 229 g/mol. The Balaban J connectivity index is 1.85. The fourth-order valence-corrected chi connectivity index (χ4v) is 2.74. The van der Waals surface area contributed by atoms with Crippen molar-refractivity contribution < 1.29 is 9.13 Å². The zero-order chi connectivity index (χ0) is 12.8. The lowest BCUT2D eigenvalue weighted by atomic mass is 10.1. The molecule has 3 heteroatoms. The number of hydrogen-bond donors (Lipinski definition) is 0. The van der Waals surface area contributed by atoms with Crippen LogP contribution in [0.5, 0.6) is 0 Å². The highest BCUT2D eigenvalue weighted by Gasteiger charge is 2.31. The minimum Gasteiger partial charge on any atom is -0.370 e. The van der Waals surface area contributed by atoms with Crippen LogP contribution in [-0.4, -0.2) is 16.3 Å². The van der Waals surface area contributed by atoms with E-state index in [1.807, 2.05) is 18.3 Å². The minimum atomic E-state index is -0.185.